The number of aliphatic hydroxyl groups is 4. The van der Waals surface area contributed by atoms with E-state index in [4.69, 9.17) is 20.1 Å². The summed E-state index contributed by atoms with van der Waals surface area (Å²) in [6.07, 6.45) is -0.700. The fraction of sp³-hybridized carbons (Fsp3) is 0.818. The average Bonchev–Trinajstić information content (AvgIpc) is 2.65. The first-order valence-electron chi connectivity index (χ1n) is 11.0. The molecule has 0 aromatic rings. The molecule has 0 bridgehead atoms. The second-order valence-corrected chi connectivity index (χ2v) is 8.26. The number of carboxylic acids is 2. The monoisotopic (exact) mass is 478 g/mol. The van der Waals surface area contributed by atoms with Gasteiger partial charge in [0, 0.05) is 44.0 Å². The number of carbonyl (C=O) groups is 4. The minimum atomic E-state index is -1.47. The van der Waals surface area contributed by atoms with Gasteiger partial charge in [-0.2, -0.15) is 0 Å². The summed E-state index contributed by atoms with van der Waals surface area (Å²) in [5, 5.41) is 56.4. The zero-order chi connectivity index (χ0) is 26.2. The summed E-state index contributed by atoms with van der Waals surface area (Å²) in [6.45, 7) is 6.68. The molecule has 5 atom stereocenters. The van der Waals surface area contributed by atoms with Crippen LogP contribution in [0.5, 0.6) is 0 Å². The second-order valence-electron chi connectivity index (χ2n) is 8.26. The molecule has 1 heterocycles. The van der Waals surface area contributed by atoms with Crippen LogP contribution in [0.25, 0.3) is 0 Å². The number of cyclic esters (lactones) is 1. The molecule has 11 nitrogen and oxygen atoms in total. The standard InChI is InChI=1S/C8H14O4.C7H14O4.C7H12O3/c1-3-6(9)4-8(2,12)5-7(10)11;1-2-5(8)3-6(9)4-7(10)11;1-2-6-3-5(8)4-7(9)10-6/h12H,3-5H2,1-2H3,(H,10,11);5-6,8-9H,2-4H2,1H3,(H,10,11);5-6,8H,2-4H2,1H3/p-2/t8-;2*5-,6-/m111/s1. The molecule has 11 heteroatoms. The van der Waals surface area contributed by atoms with E-state index < -0.39 is 48.7 Å². The van der Waals surface area contributed by atoms with Crippen LogP contribution < -0.4 is 10.2 Å². The molecule has 0 amide bonds. The van der Waals surface area contributed by atoms with Gasteiger partial charge in [-0.1, -0.05) is 20.8 Å². The van der Waals surface area contributed by atoms with Crippen LogP contribution in [0.2, 0.25) is 0 Å². The molecule has 4 N–H and O–H groups in total. The van der Waals surface area contributed by atoms with Crippen molar-refractivity contribution in [1.82, 2.24) is 0 Å². The molecule has 0 unspecified atom stereocenters. The van der Waals surface area contributed by atoms with Gasteiger partial charge >= 0.3 is 5.97 Å². The number of Topliss-reactive ketones (excluding diaryl/α,β-unsaturated/α-hetero) is 1. The lowest BCUT2D eigenvalue weighted by molar-refractivity contribution is -0.309. The Hall–Kier alpha value is -2.08. The van der Waals surface area contributed by atoms with Gasteiger partial charge in [0.2, 0.25) is 0 Å². The Bertz CT molecular complexity index is 603. The molecule has 1 aliphatic heterocycles. The average molecular weight is 479 g/mol. The van der Waals surface area contributed by atoms with Gasteiger partial charge in [0.15, 0.2) is 0 Å². The van der Waals surface area contributed by atoms with Gasteiger partial charge in [-0.25, -0.2) is 0 Å². The maximum absolute atomic E-state index is 10.8. The Kier molecular flexibility index (Phi) is 17.5. The minimum Gasteiger partial charge on any atom is -0.550 e. The van der Waals surface area contributed by atoms with Crippen molar-refractivity contribution in [2.45, 2.75) is 115 Å². The van der Waals surface area contributed by atoms with Gasteiger partial charge in [-0.3, -0.25) is 9.59 Å². The molecule has 0 aromatic heterocycles. The molecule has 194 valence electrons. The molecular formula is C22H38O11-2. The number of carbonyl (C=O) groups excluding carboxylic acids is 4. The number of carboxylic acid groups (broad SMARTS) is 2. The molecule has 0 saturated carbocycles. The third-order valence-electron chi connectivity index (χ3n) is 4.61. The van der Waals surface area contributed by atoms with Crippen molar-refractivity contribution < 1.29 is 54.6 Å². The molecule has 0 spiro atoms. The third-order valence-corrected chi connectivity index (χ3v) is 4.61. The molecule has 1 rings (SSSR count). The molecule has 1 fully saturated rings. The van der Waals surface area contributed by atoms with Gasteiger partial charge in [0.25, 0.3) is 0 Å². The summed E-state index contributed by atoms with van der Waals surface area (Å²) in [6, 6.07) is 0. The predicted molar refractivity (Wildman–Crippen MR) is 112 cm³/mol. The van der Waals surface area contributed by atoms with Gasteiger partial charge in [-0.05, 0) is 26.2 Å². The fourth-order valence-corrected chi connectivity index (χ4v) is 2.79. The van der Waals surface area contributed by atoms with Crippen molar-refractivity contribution in [2.75, 3.05) is 0 Å². The normalized spacial score (nSPS) is 21.0. The van der Waals surface area contributed by atoms with E-state index in [2.05, 4.69) is 0 Å². The minimum absolute atomic E-state index is 0.0590. The smallest absolute Gasteiger partial charge is 0.308 e. The summed E-state index contributed by atoms with van der Waals surface area (Å²) < 4.78 is 4.91. The highest BCUT2D eigenvalue weighted by atomic mass is 16.5. The van der Waals surface area contributed by atoms with Gasteiger partial charge in [0.05, 0.1) is 30.3 Å². The molecule has 1 aliphatic rings. The number of hydrogen-bond acceptors (Lipinski definition) is 11. The van der Waals surface area contributed by atoms with Crippen LogP contribution in [-0.4, -0.2) is 74.1 Å². The summed E-state index contributed by atoms with van der Waals surface area (Å²) >= 11 is 0. The zero-order valence-corrected chi connectivity index (χ0v) is 19.8. The molecule has 0 aliphatic carbocycles. The van der Waals surface area contributed by atoms with E-state index in [9.17, 15) is 34.5 Å². The van der Waals surface area contributed by atoms with Gasteiger partial charge in [0.1, 0.15) is 11.9 Å². The van der Waals surface area contributed by atoms with E-state index in [1.165, 1.54) is 6.92 Å². The second kappa shape index (κ2) is 17.4. The first kappa shape index (κ1) is 33.1. The number of rotatable bonds is 11. The number of aliphatic carboxylic acids is 2. The van der Waals surface area contributed by atoms with Crippen LogP contribution in [0.3, 0.4) is 0 Å². The number of esters is 1. The SMILES string of the molecule is CCC(=O)C[C@@](C)(O)CC(=O)[O-].CC[C@@H](O)C[C@@H](O)CC(=O)[O-].CC[C@@H]1C[C@@H](O)CC(=O)O1. The molecular weight excluding hydrogens is 440 g/mol. The Labute approximate surface area is 194 Å². The highest BCUT2D eigenvalue weighted by Gasteiger charge is 2.25. The zero-order valence-electron chi connectivity index (χ0n) is 19.8. The first-order valence-corrected chi connectivity index (χ1v) is 11.0. The quantitative estimate of drug-likeness (QED) is 0.248. The van der Waals surface area contributed by atoms with Crippen LogP contribution in [0.4, 0.5) is 0 Å². The van der Waals surface area contributed by atoms with Crippen LogP contribution >= 0.6 is 0 Å². The van der Waals surface area contributed by atoms with E-state index in [-0.39, 0.29) is 37.1 Å². The maximum Gasteiger partial charge on any atom is 0.308 e. The predicted octanol–water partition coefficient (Wildman–Crippen LogP) is -1.64. The van der Waals surface area contributed by atoms with Crippen LogP contribution in [0.1, 0.15) is 85.5 Å². The van der Waals surface area contributed by atoms with Crippen LogP contribution in [0, 0.1) is 0 Å². The first-order chi connectivity index (χ1) is 15.1. The van der Waals surface area contributed by atoms with Crippen molar-refractivity contribution in [1.29, 1.82) is 0 Å². The summed E-state index contributed by atoms with van der Waals surface area (Å²) in [4.78, 5) is 41.5. The lowest BCUT2D eigenvalue weighted by atomic mass is 9.95. The lowest BCUT2D eigenvalue weighted by Crippen LogP contribution is -2.36. The Balaban J connectivity index is 0. The Morgan fingerprint density at radius 1 is 1.09 bits per heavy atom. The lowest BCUT2D eigenvalue weighted by Gasteiger charge is -2.24. The summed E-state index contributed by atoms with van der Waals surface area (Å²) in [5.74, 6) is -3.06. The molecule has 1 saturated heterocycles. The Morgan fingerprint density at radius 2 is 1.67 bits per heavy atom. The summed E-state index contributed by atoms with van der Waals surface area (Å²) in [5.41, 5.74) is -1.47. The highest BCUT2D eigenvalue weighted by Crippen LogP contribution is 2.17. The number of hydrogen-bond donors (Lipinski definition) is 4. The third kappa shape index (κ3) is 20.3. The van der Waals surface area contributed by atoms with E-state index in [0.717, 1.165) is 6.42 Å². The van der Waals surface area contributed by atoms with Crippen LogP contribution in [0.15, 0.2) is 0 Å². The summed E-state index contributed by atoms with van der Waals surface area (Å²) in [7, 11) is 0. The van der Waals surface area contributed by atoms with Crippen molar-refractivity contribution in [3.8, 4) is 0 Å². The van der Waals surface area contributed by atoms with Gasteiger partial charge < -0.3 is 45.0 Å². The molecule has 0 radical (unpaired) electrons. The Morgan fingerprint density at radius 3 is 2.06 bits per heavy atom. The number of ether oxygens (including phenoxy) is 1. The maximum atomic E-state index is 10.8. The number of aliphatic hydroxyl groups excluding tert-OH is 3. The fourth-order valence-electron chi connectivity index (χ4n) is 2.79. The topological polar surface area (TPSA) is 205 Å². The largest absolute Gasteiger partial charge is 0.550 e. The van der Waals surface area contributed by atoms with Crippen molar-refractivity contribution in [2.24, 2.45) is 0 Å². The van der Waals surface area contributed by atoms with E-state index in [1.807, 2.05) is 6.92 Å². The highest BCUT2D eigenvalue weighted by molar-refractivity contribution is 5.80. The van der Waals surface area contributed by atoms with Crippen molar-refractivity contribution in [3.05, 3.63) is 0 Å². The van der Waals surface area contributed by atoms with Crippen molar-refractivity contribution in [3.63, 3.8) is 0 Å². The molecule has 0 aromatic carbocycles. The van der Waals surface area contributed by atoms with Crippen molar-refractivity contribution >= 4 is 23.7 Å². The van der Waals surface area contributed by atoms with Gasteiger partial charge in [-0.15, -0.1) is 0 Å². The van der Waals surface area contributed by atoms with Crippen LogP contribution in [-0.2, 0) is 23.9 Å². The number of ketones is 1. The van der Waals surface area contributed by atoms with E-state index in [1.54, 1.807) is 13.8 Å². The van der Waals surface area contributed by atoms with E-state index in [0.29, 0.717) is 19.3 Å². The molecule has 33 heavy (non-hydrogen) atoms. The van der Waals surface area contributed by atoms with E-state index >= 15 is 0 Å².